The minimum Gasteiger partial charge on any atom is -0.481 e. The summed E-state index contributed by atoms with van der Waals surface area (Å²) in [4.78, 5) is 27.9. The maximum atomic E-state index is 12.3. The van der Waals surface area contributed by atoms with Gasteiger partial charge in [-0.2, -0.15) is 11.3 Å². The molecule has 1 aromatic heterocycles. The molecule has 23 heavy (non-hydrogen) atoms. The van der Waals surface area contributed by atoms with Crippen molar-refractivity contribution in [2.75, 3.05) is 39.4 Å². The van der Waals surface area contributed by atoms with Gasteiger partial charge >= 0.3 is 5.97 Å². The SMILES string of the molecule is O=C(O)[C@H]1CC(=O)N(CCCN2CCOCC2)[C@H]1c1ccsc1. The van der Waals surface area contributed by atoms with Crippen molar-refractivity contribution >= 4 is 23.2 Å². The molecule has 0 unspecified atom stereocenters. The van der Waals surface area contributed by atoms with Gasteiger partial charge in [0.2, 0.25) is 5.91 Å². The Hall–Kier alpha value is -1.44. The van der Waals surface area contributed by atoms with Crippen LogP contribution in [-0.4, -0.2) is 66.2 Å². The topological polar surface area (TPSA) is 70.1 Å². The smallest absolute Gasteiger partial charge is 0.309 e. The molecule has 6 nitrogen and oxygen atoms in total. The minimum absolute atomic E-state index is 0.0458. The molecule has 0 radical (unpaired) electrons. The van der Waals surface area contributed by atoms with Gasteiger partial charge in [-0.1, -0.05) is 0 Å². The van der Waals surface area contributed by atoms with Crippen LogP contribution in [0, 0.1) is 5.92 Å². The van der Waals surface area contributed by atoms with Gasteiger partial charge in [-0.15, -0.1) is 0 Å². The molecule has 2 atom stereocenters. The van der Waals surface area contributed by atoms with Crippen molar-refractivity contribution in [1.29, 1.82) is 0 Å². The van der Waals surface area contributed by atoms with E-state index in [1.807, 2.05) is 16.8 Å². The number of hydrogen-bond donors (Lipinski definition) is 1. The molecule has 2 fully saturated rings. The van der Waals surface area contributed by atoms with E-state index < -0.39 is 11.9 Å². The number of rotatable bonds is 6. The summed E-state index contributed by atoms with van der Waals surface area (Å²) in [5.74, 6) is -1.57. The summed E-state index contributed by atoms with van der Waals surface area (Å²) in [6.07, 6.45) is 0.964. The van der Waals surface area contributed by atoms with Gasteiger partial charge in [-0.25, -0.2) is 0 Å². The average Bonchev–Trinajstić information content (AvgIpc) is 3.17. The average molecular weight is 338 g/mol. The van der Waals surface area contributed by atoms with E-state index in [4.69, 9.17) is 4.74 Å². The highest BCUT2D eigenvalue weighted by Gasteiger charge is 2.44. The number of hydrogen-bond acceptors (Lipinski definition) is 5. The second kappa shape index (κ2) is 7.42. The summed E-state index contributed by atoms with van der Waals surface area (Å²) < 4.78 is 5.33. The number of morpholine rings is 1. The molecule has 7 heteroatoms. The third-order valence-electron chi connectivity index (χ3n) is 4.61. The van der Waals surface area contributed by atoms with E-state index in [-0.39, 0.29) is 18.4 Å². The van der Waals surface area contributed by atoms with E-state index in [1.54, 1.807) is 4.90 Å². The lowest BCUT2D eigenvalue weighted by atomic mass is 9.95. The van der Waals surface area contributed by atoms with Crippen molar-refractivity contribution in [3.05, 3.63) is 22.4 Å². The number of ether oxygens (including phenoxy) is 1. The highest BCUT2D eigenvalue weighted by atomic mass is 32.1. The van der Waals surface area contributed by atoms with Crippen LogP contribution in [0.5, 0.6) is 0 Å². The largest absolute Gasteiger partial charge is 0.481 e. The van der Waals surface area contributed by atoms with Gasteiger partial charge in [0.05, 0.1) is 25.2 Å². The van der Waals surface area contributed by atoms with Crippen molar-refractivity contribution in [2.24, 2.45) is 5.92 Å². The van der Waals surface area contributed by atoms with Gasteiger partial charge in [-0.3, -0.25) is 14.5 Å². The number of amides is 1. The Labute approximate surface area is 139 Å². The molecule has 126 valence electrons. The third kappa shape index (κ3) is 3.73. The van der Waals surface area contributed by atoms with Gasteiger partial charge in [0.15, 0.2) is 0 Å². The number of carbonyl (C=O) groups is 2. The van der Waals surface area contributed by atoms with Gasteiger partial charge < -0.3 is 14.7 Å². The Morgan fingerprint density at radius 3 is 2.78 bits per heavy atom. The molecule has 0 saturated carbocycles. The van der Waals surface area contributed by atoms with Crippen LogP contribution in [0.2, 0.25) is 0 Å². The number of aliphatic carboxylic acids is 1. The normalized spacial score (nSPS) is 25.9. The number of likely N-dealkylation sites (tertiary alicyclic amines) is 1. The van der Waals surface area contributed by atoms with E-state index >= 15 is 0 Å². The number of carboxylic acid groups (broad SMARTS) is 1. The Balaban J connectivity index is 1.63. The summed E-state index contributed by atoms with van der Waals surface area (Å²) in [5.41, 5.74) is 0.944. The summed E-state index contributed by atoms with van der Waals surface area (Å²) in [6.45, 7) is 4.92. The molecular weight excluding hydrogens is 316 g/mol. The van der Waals surface area contributed by atoms with Crippen LogP contribution in [0.3, 0.4) is 0 Å². The highest BCUT2D eigenvalue weighted by Crippen LogP contribution is 2.39. The number of carboxylic acids is 1. The zero-order valence-electron chi connectivity index (χ0n) is 13.0. The zero-order chi connectivity index (χ0) is 16.2. The summed E-state index contributed by atoms with van der Waals surface area (Å²) >= 11 is 1.54. The predicted molar refractivity (Wildman–Crippen MR) is 86.4 cm³/mol. The minimum atomic E-state index is -0.884. The summed E-state index contributed by atoms with van der Waals surface area (Å²) in [5, 5.41) is 13.3. The molecule has 2 aliphatic rings. The molecular formula is C16H22N2O4S. The standard InChI is InChI=1S/C16H22N2O4S/c19-14-10-13(16(20)21)15(12-2-9-23-11-12)18(14)4-1-3-17-5-7-22-8-6-17/h2,9,11,13,15H,1,3-8,10H2,(H,20,21)/t13-,15-/m0/s1. The first kappa shape index (κ1) is 16.4. The van der Waals surface area contributed by atoms with Crippen molar-refractivity contribution in [3.8, 4) is 0 Å². The molecule has 0 aliphatic carbocycles. The van der Waals surface area contributed by atoms with Gasteiger partial charge in [-0.05, 0) is 28.8 Å². The Morgan fingerprint density at radius 1 is 1.35 bits per heavy atom. The van der Waals surface area contributed by atoms with E-state index in [1.165, 1.54) is 11.3 Å². The lowest BCUT2D eigenvalue weighted by molar-refractivity contribution is -0.142. The summed E-state index contributed by atoms with van der Waals surface area (Å²) in [6, 6.07) is 1.61. The summed E-state index contributed by atoms with van der Waals surface area (Å²) in [7, 11) is 0. The molecule has 3 rings (SSSR count). The number of nitrogens with zero attached hydrogens (tertiary/aromatic N) is 2. The number of carbonyl (C=O) groups excluding carboxylic acids is 1. The fourth-order valence-corrected chi connectivity index (χ4v) is 4.11. The van der Waals surface area contributed by atoms with E-state index in [9.17, 15) is 14.7 Å². The van der Waals surface area contributed by atoms with Crippen molar-refractivity contribution in [1.82, 2.24) is 9.80 Å². The fraction of sp³-hybridized carbons (Fsp3) is 0.625. The molecule has 3 heterocycles. The van der Waals surface area contributed by atoms with Crippen LogP contribution < -0.4 is 0 Å². The predicted octanol–water partition coefficient (Wildman–Crippen LogP) is 1.44. The van der Waals surface area contributed by atoms with Crippen LogP contribution in [0.1, 0.15) is 24.4 Å². The van der Waals surface area contributed by atoms with Gasteiger partial charge in [0.25, 0.3) is 0 Å². The first-order valence-electron chi connectivity index (χ1n) is 8.01. The molecule has 1 N–H and O–H groups in total. The molecule has 0 spiro atoms. The first-order valence-corrected chi connectivity index (χ1v) is 8.95. The van der Waals surface area contributed by atoms with Crippen molar-refractivity contribution in [2.45, 2.75) is 18.9 Å². The Bertz CT molecular complexity index is 542. The molecule has 2 aliphatic heterocycles. The van der Waals surface area contributed by atoms with Crippen LogP contribution in [0.25, 0.3) is 0 Å². The third-order valence-corrected chi connectivity index (χ3v) is 5.31. The van der Waals surface area contributed by atoms with E-state index in [0.717, 1.165) is 44.8 Å². The van der Waals surface area contributed by atoms with Crippen molar-refractivity contribution < 1.29 is 19.4 Å². The van der Waals surface area contributed by atoms with Crippen molar-refractivity contribution in [3.63, 3.8) is 0 Å². The lowest BCUT2D eigenvalue weighted by Crippen LogP contribution is -2.38. The highest BCUT2D eigenvalue weighted by molar-refractivity contribution is 7.08. The molecule has 0 aromatic carbocycles. The van der Waals surface area contributed by atoms with Crippen LogP contribution in [0.15, 0.2) is 16.8 Å². The molecule has 1 amide bonds. The quantitative estimate of drug-likeness (QED) is 0.850. The maximum Gasteiger partial charge on any atom is 0.309 e. The van der Waals surface area contributed by atoms with Crippen LogP contribution in [-0.2, 0) is 14.3 Å². The zero-order valence-corrected chi connectivity index (χ0v) is 13.8. The number of thiophene rings is 1. The second-order valence-corrected chi connectivity index (χ2v) is 6.83. The molecule has 2 saturated heterocycles. The maximum absolute atomic E-state index is 12.3. The Morgan fingerprint density at radius 2 is 2.13 bits per heavy atom. The van der Waals surface area contributed by atoms with Crippen LogP contribution in [0.4, 0.5) is 0 Å². The van der Waals surface area contributed by atoms with E-state index in [2.05, 4.69) is 4.90 Å². The lowest BCUT2D eigenvalue weighted by Gasteiger charge is -2.29. The molecule has 1 aromatic rings. The second-order valence-electron chi connectivity index (χ2n) is 6.05. The fourth-order valence-electron chi connectivity index (χ4n) is 3.42. The van der Waals surface area contributed by atoms with E-state index in [0.29, 0.717) is 6.54 Å². The monoisotopic (exact) mass is 338 g/mol. The Kier molecular flexibility index (Phi) is 5.30. The van der Waals surface area contributed by atoms with Gasteiger partial charge in [0.1, 0.15) is 0 Å². The first-order chi connectivity index (χ1) is 11.2. The molecule has 0 bridgehead atoms. The van der Waals surface area contributed by atoms with Crippen LogP contribution >= 0.6 is 11.3 Å². The van der Waals surface area contributed by atoms with Gasteiger partial charge in [0, 0.05) is 32.6 Å².